The van der Waals surface area contributed by atoms with E-state index in [1.54, 1.807) is 16.6 Å². The molecule has 3 rings (SSSR count). The molecule has 0 bridgehead atoms. The normalized spacial score (nSPS) is 10.8. The Kier molecular flexibility index (Phi) is 5.02. The Balaban J connectivity index is 1.96. The van der Waals surface area contributed by atoms with Gasteiger partial charge < -0.3 is 4.90 Å². The van der Waals surface area contributed by atoms with E-state index in [9.17, 15) is 4.79 Å². The van der Waals surface area contributed by atoms with Crippen molar-refractivity contribution in [2.75, 3.05) is 11.9 Å². The van der Waals surface area contributed by atoms with Crippen LogP contribution in [0.25, 0.3) is 10.6 Å². The molecule has 2 heterocycles. The molecule has 0 unspecified atom stereocenters. The number of nitrogens with zero attached hydrogens (tertiary/aromatic N) is 3. The third-order valence-corrected chi connectivity index (χ3v) is 4.96. The molecular formula is C18H18ClN3OS. The molecule has 6 heteroatoms. The fraction of sp³-hybridized carbons (Fsp3) is 0.222. The lowest BCUT2D eigenvalue weighted by Gasteiger charge is -2.17. The monoisotopic (exact) mass is 359 g/mol. The number of thiophene rings is 1. The van der Waals surface area contributed by atoms with Gasteiger partial charge in [-0.3, -0.25) is 9.48 Å². The summed E-state index contributed by atoms with van der Waals surface area (Å²) in [6, 6.07) is 15.2. The minimum Gasteiger partial charge on any atom is -0.310 e. The maximum Gasteiger partial charge on any atom is 0.276 e. The van der Waals surface area contributed by atoms with Gasteiger partial charge in [-0.1, -0.05) is 36.7 Å². The maximum atomic E-state index is 12.9. The molecule has 4 nitrogen and oxygen atoms in total. The predicted octanol–water partition coefficient (Wildman–Crippen LogP) is 4.95. The number of para-hydroxylation sites is 1. The highest BCUT2D eigenvalue weighted by Gasteiger charge is 2.20. The minimum absolute atomic E-state index is 0.0731. The summed E-state index contributed by atoms with van der Waals surface area (Å²) >= 11 is 7.48. The van der Waals surface area contributed by atoms with Crippen molar-refractivity contribution in [3.8, 4) is 10.6 Å². The Morgan fingerprint density at radius 1 is 1.25 bits per heavy atom. The molecule has 3 aromatic rings. The fourth-order valence-electron chi connectivity index (χ4n) is 2.48. The van der Waals surface area contributed by atoms with Crippen molar-refractivity contribution in [2.45, 2.75) is 19.9 Å². The Bertz CT molecular complexity index is 841. The summed E-state index contributed by atoms with van der Waals surface area (Å²) in [7, 11) is 1.78. The lowest BCUT2D eigenvalue weighted by Crippen LogP contribution is -2.28. The topological polar surface area (TPSA) is 38.1 Å². The fourth-order valence-corrected chi connectivity index (χ4v) is 3.48. The van der Waals surface area contributed by atoms with Crippen molar-refractivity contribution in [2.24, 2.45) is 0 Å². The average molecular weight is 360 g/mol. The second-order valence-corrected chi connectivity index (χ2v) is 7.16. The summed E-state index contributed by atoms with van der Waals surface area (Å²) in [6.07, 6.45) is 0.904. The van der Waals surface area contributed by atoms with Crippen LogP contribution in [0.4, 0.5) is 5.69 Å². The summed E-state index contributed by atoms with van der Waals surface area (Å²) in [5.74, 6) is -0.0731. The number of hydrogen-bond donors (Lipinski definition) is 0. The lowest BCUT2D eigenvalue weighted by molar-refractivity contribution is 0.0982. The Labute approximate surface area is 150 Å². The molecule has 2 aromatic heterocycles. The summed E-state index contributed by atoms with van der Waals surface area (Å²) in [5, 5.41) is 4.60. The number of amides is 1. The SMILES string of the molecule is CCCn1nc(-c2ccc(Cl)s2)cc1C(=O)N(C)c1ccccc1. The van der Waals surface area contributed by atoms with Crippen molar-refractivity contribution >= 4 is 34.5 Å². The third-order valence-electron chi connectivity index (χ3n) is 3.71. The summed E-state index contributed by atoms with van der Waals surface area (Å²) in [4.78, 5) is 15.5. The number of carbonyl (C=O) groups is 1. The number of anilines is 1. The molecule has 0 saturated carbocycles. The van der Waals surface area contributed by atoms with E-state index >= 15 is 0 Å². The zero-order valence-corrected chi connectivity index (χ0v) is 15.1. The van der Waals surface area contributed by atoms with Crippen LogP contribution in [0.2, 0.25) is 4.34 Å². The standard InChI is InChI=1S/C18H18ClN3OS/c1-3-11-22-15(12-14(20-22)16-9-10-17(19)24-16)18(23)21(2)13-7-5-4-6-8-13/h4-10,12H,3,11H2,1-2H3. The molecule has 0 aliphatic carbocycles. The van der Waals surface area contributed by atoms with Crippen molar-refractivity contribution in [1.29, 1.82) is 0 Å². The molecule has 0 atom stereocenters. The van der Waals surface area contributed by atoms with Crippen LogP contribution in [0, 0.1) is 0 Å². The van der Waals surface area contributed by atoms with Gasteiger partial charge in [-0.15, -0.1) is 11.3 Å². The quantitative estimate of drug-likeness (QED) is 0.646. The van der Waals surface area contributed by atoms with Crippen LogP contribution in [-0.2, 0) is 6.54 Å². The van der Waals surface area contributed by atoms with Gasteiger partial charge in [0.1, 0.15) is 11.4 Å². The van der Waals surface area contributed by atoms with E-state index in [1.807, 2.05) is 48.5 Å². The molecule has 1 amide bonds. The first-order valence-electron chi connectivity index (χ1n) is 7.77. The highest BCUT2D eigenvalue weighted by atomic mass is 35.5. The molecule has 0 fully saturated rings. The van der Waals surface area contributed by atoms with Crippen molar-refractivity contribution < 1.29 is 4.79 Å². The highest BCUT2D eigenvalue weighted by Crippen LogP contribution is 2.31. The maximum absolute atomic E-state index is 12.9. The van der Waals surface area contributed by atoms with E-state index in [1.165, 1.54) is 11.3 Å². The predicted molar refractivity (Wildman–Crippen MR) is 100 cm³/mol. The van der Waals surface area contributed by atoms with E-state index in [0.29, 0.717) is 16.6 Å². The zero-order valence-electron chi connectivity index (χ0n) is 13.6. The van der Waals surface area contributed by atoms with Gasteiger partial charge in [0.05, 0.1) is 9.21 Å². The van der Waals surface area contributed by atoms with Gasteiger partial charge >= 0.3 is 0 Å². The van der Waals surface area contributed by atoms with Gasteiger partial charge in [-0.25, -0.2) is 0 Å². The van der Waals surface area contributed by atoms with Crippen LogP contribution in [0.5, 0.6) is 0 Å². The number of rotatable bonds is 5. The minimum atomic E-state index is -0.0731. The van der Waals surface area contributed by atoms with Gasteiger partial charge in [0, 0.05) is 19.3 Å². The van der Waals surface area contributed by atoms with E-state index in [0.717, 1.165) is 22.7 Å². The van der Waals surface area contributed by atoms with Crippen molar-refractivity contribution in [3.05, 3.63) is 58.6 Å². The largest absolute Gasteiger partial charge is 0.310 e. The van der Waals surface area contributed by atoms with Gasteiger partial charge in [-0.05, 0) is 36.8 Å². The second kappa shape index (κ2) is 7.20. The summed E-state index contributed by atoms with van der Waals surface area (Å²) in [6.45, 7) is 2.77. The number of hydrogen-bond acceptors (Lipinski definition) is 3. The summed E-state index contributed by atoms with van der Waals surface area (Å²) < 4.78 is 2.49. The van der Waals surface area contributed by atoms with Crippen LogP contribution in [-0.4, -0.2) is 22.7 Å². The number of aromatic nitrogens is 2. The molecule has 0 N–H and O–H groups in total. The first kappa shape index (κ1) is 16.7. The van der Waals surface area contributed by atoms with E-state index in [2.05, 4.69) is 12.0 Å². The lowest BCUT2D eigenvalue weighted by atomic mass is 10.2. The Hall–Kier alpha value is -2.11. The second-order valence-electron chi connectivity index (χ2n) is 5.44. The van der Waals surface area contributed by atoms with Gasteiger partial charge in [0.2, 0.25) is 0 Å². The molecule has 0 aliphatic rings. The number of aryl methyl sites for hydroxylation is 1. The van der Waals surface area contributed by atoms with Gasteiger partial charge in [0.15, 0.2) is 0 Å². The first-order valence-corrected chi connectivity index (χ1v) is 8.96. The van der Waals surface area contributed by atoms with Crippen LogP contribution >= 0.6 is 22.9 Å². The molecule has 24 heavy (non-hydrogen) atoms. The van der Waals surface area contributed by atoms with Crippen LogP contribution < -0.4 is 4.90 Å². The van der Waals surface area contributed by atoms with E-state index in [4.69, 9.17) is 11.6 Å². The number of carbonyl (C=O) groups excluding carboxylic acids is 1. The number of halogens is 1. The summed E-state index contributed by atoms with van der Waals surface area (Å²) in [5.41, 5.74) is 2.22. The molecule has 0 spiro atoms. The van der Waals surface area contributed by atoms with Gasteiger partial charge in [0.25, 0.3) is 5.91 Å². The Morgan fingerprint density at radius 3 is 2.62 bits per heavy atom. The van der Waals surface area contributed by atoms with Crippen LogP contribution in [0.15, 0.2) is 48.5 Å². The van der Waals surface area contributed by atoms with E-state index < -0.39 is 0 Å². The van der Waals surface area contributed by atoms with Crippen LogP contribution in [0.1, 0.15) is 23.8 Å². The smallest absolute Gasteiger partial charge is 0.276 e. The highest BCUT2D eigenvalue weighted by molar-refractivity contribution is 7.19. The van der Waals surface area contributed by atoms with E-state index in [-0.39, 0.29) is 5.91 Å². The molecule has 124 valence electrons. The third kappa shape index (κ3) is 3.37. The average Bonchev–Trinajstić information content (AvgIpc) is 3.21. The molecule has 1 aromatic carbocycles. The number of benzene rings is 1. The molecular weight excluding hydrogens is 342 g/mol. The van der Waals surface area contributed by atoms with Crippen molar-refractivity contribution in [1.82, 2.24) is 9.78 Å². The van der Waals surface area contributed by atoms with Gasteiger partial charge in [-0.2, -0.15) is 5.10 Å². The molecule has 0 aliphatic heterocycles. The zero-order chi connectivity index (χ0) is 17.1. The Morgan fingerprint density at radius 2 is 2.00 bits per heavy atom. The van der Waals surface area contributed by atoms with Crippen LogP contribution in [0.3, 0.4) is 0 Å². The molecule has 0 radical (unpaired) electrons. The van der Waals surface area contributed by atoms with Crippen molar-refractivity contribution in [3.63, 3.8) is 0 Å². The molecule has 0 saturated heterocycles. The first-order chi connectivity index (χ1) is 11.6.